The Hall–Kier alpha value is -1.68. The van der Waals surface area contributed by atoms with Crippen molar-refractivity contribution in [3.05, 3.63) is 47.5 Å². The maximum Gasteiger partial charge on any atom is 0.148 e. The second-order valence-corrected chi connectivity index (χ2v) is 4.72. The molecule has 0 spiro atoms. The van der Waals surface area contributed by atoms with Crippen LogP contribution in [0.25, 0.3) is 5.69 Å². The summed E-state index contributed by atoms with van der Waals surface area (Å²) in [5, 5.41) is 7.73. The molecular weight excluding hydrogens is 241 g/mol. The molecule has 4 heteroatoms. The lowest BCUT2D eigenvalue weighted by atomic mass is 10.1. The van der Waals surface area contributed by atoms with Crippen LogP contribution in [-0.4, -0.2) is 16.3 Å². The normalized spacial score (nSPS) is 12.6. The van der Waals surface area contributed by atoms with E-state index in [0.717, 1.165) is 24.2 Å². The number of nitrogens with zero attached hydrogens (tertiary/aromatic N) is 2. The molecule has 102 valence electrons. The average molecular weight is 261 g/mol. The monoisotopic (exact) mass is 261 g/mol. The van der Waals surface area contributed by atoms with Crippen LogP contribution in [0.4, 0.5) is 4.39 Å². The highest BCUT2D eigenvalue weighted by atomic mass is 19.1. The van der Waals surface area contributed by atoms with Gasteiger partial charge in [-0.25, -0.2) is 9.07 Å². The summed E-state index contributed by atoms with van der Waals surface area (Å²) < 4.78 is 15.5. The third kappa shape index (κ3) is 2.84. The number of para-hydroxylation sites is 1. The number of hydrogen-bond acceptors (Lipinski definition) is 2. The van der Waals surface area contributed by atoms with Crippen LogP contribution in [0.1, 0.15) is 37.6 Å². The minimum Gasteiger partial charge on any atom is -0.310 e. The number of benzene rings is 1. The number of aromatic nitrogens is 2. The first-order valence-electron chi connectivity index (χ1n) is 6.68. The van der Waals surface area contributed by atoms with Crippen LogP contribution in [0.2, 0.25) is 0 Å². The highest BCUT2D eigenvalue weighted by Gasteiger charge is 2.15. The molecule has 1 N–H and O–H groups in total. The van der Waals surface area contributed by atoms with Crippen molar-refractivity contribution < 1.29 is 4.39 Å². The molecule has 1 unspecified atom stereocenters. The summed E-state index contributed by atoms with van der Waals surface area (Å²) in [6.07, 6.45) is 2.90. The van der Waals surface area contributed by atoms with Gasteiger partial charge in [0.25, 0.3) is 0 Å². The lowest BCUT2D eigenvalue weighted by Gasteiger charge is -2.13. The van der Waals surface area contributed by atoms with Gasteiger partial charge in [0.15, 0.2) is 0 Å². The second-order valence-electron chi connectivity index (χ2n) is 4.72. The molecule has 1 atom stereocenters. The Bertz CT molecular complexity index is 548. The predicted molar refractivity (Wildman–Crippen MR) is 75.0 cm³/mol. The molecule has 0 aliphatic heterocycles. The fourth-order valence-corrected chi connectivity index (χ4v) is 2.18. The molecule has 2 aromatic rings. The van der Waals surface area contributed by atoms with Crippen LogP contribution in [0.15, 0.2) is 30.5 Å². The van der Waals surface area contributed by atoms with Gasteiger partial charge in [-0.3, -0.25) is 0 Å². The Morgan fingerprint density at radius 3 is 2.79 bits per heavy atom. The largest absolute Gasteiger partial charge is 0.310 e. The van der Waals surface area contributed by atoms with Gasteiger partial charge >= 0.3 is 0 Å². The van der Waals surface area contributed by atoms with Gasteiger partial charge in [-0.2, -0.15) is 5.10 Å². The fourth-order valence-electron chi connectivity index (χ4n) is 2.18. The maximum absolute atomic E-state index is 13.8. The molecule has 0 amide bonds. The van der Waals surface area contributed by atoms with E-state index in [0.29, 0.717) is 5.69 Å². The van der Waals surface area contributed by atoms with Crippen molar-refractivity contribution in [1.82, 2.24) is 15.1 Å². The summed E-state index contributed by atoms with van der Waals surface area (Å²) in [6, 6.07) is 6.92. The van der Waals surface area contributed by atoms with Crippen molar-refractivity contribution in [2.24, 2.45) is 0 Å². The average Bonchev–Trinajstić information content (AvgIpc) is 2.78. The minimum absolute atomic E-state index is 0.223. The first-order valence-corrected chi connectivity index (χ1v) is 6.68. The van der Waals surface area contributed by atoms with E-state index < -0.39 is 0 Å². The Labute approximate surface area is 113 Å². The first-order chi connectivity index (χ1) is 9.15. The Morgan fingerprint density at radius 1 is 1.37 bits per heavy atom. The lowest BCUT2D eigenvalue weighted by Crippen LogP contribution is -2.19. The SMILES string of the molecule is CCCNC(C)c1cnn(-c2ccccc2F)c1C. The molecule has 3 nitrogen and oxygen atoms in total. The summed E-state index contributed by atoms with van der Waals surface area (Å²) in [4.78, 5) is 0. The Balaban J connectivity index is 2.31. The zero-order chi connectivity index (χ0) is 13.8. The predicted octanol–water partition coefficient (Wildman–Crippen LogP) is 3.38. The van der Waals surface area contributed by atoms with E-state index in [4.69, 9.17) is 0 Å². The molecule has 0 aliphatic carbocycles. The van der Waals surface area contributed by atoms with E-state index in [1.54, 1.807) is 16.8 Å². The number of halogens is 1. The van der Waals surface area contributed by atoms with E-state index in [1.807, 2.05) is 19.2 Å². The molecule has 19 heavy (non-hydrogen) atoms. The van der Waals surface area contributed by atoms with Crippen LogP contribution in [0.5, 0.6) is 0 Å². The van der Waals surface area contributed by atoms with Crippen LogP contribution in [0, 0.1) is 12.7 Å². The van der Waals surface area contributed by atoms with E-state index in [2.05, 4.69) is 24.3 Å². The standard InChI is InChI=1S/C15H20FN3/c1-4-9-17-11(2)13-10-18-19(12(13)3)15-8-6-5-7-14(15)16/h5-8,10-11,17H,4,9H2,1-3H3. The summed E-state index contributed by atoms with van der Waals surface area (Å²) in [7, 11) is 0. The highest BCUT2D eigenvalue weighted by molar-refractivity contribution is 5.36. The van der Waals surface area contributed by atoms with Gasteiger partial charge in [0, 0.05) is 17.3 Å². The smallest absolute Gasteiger partial charge is 0.148 e. The van der Waals surface area contributed by atoms with E-state index in [9.17, 15) is 4.39 Å². The Morgan fingerprint density at radius 2 is 2.11 bits per heavy atom. The quantitative estimate of drug-likeness (QED) is 0.894. The van der Waals surface area contributed by atoms with Crippen LogP contribution < -0.4 is 5.32 Å². The van der Waals surface area contributed by atoms with Crippen molar-refractivity contribution in [2.75, 3.05) is 6.54 Å². The Kier molecular flexibility index (Phi) is 4.32. The molecular formula is C15H20FN3. The van der Waals surface area contributed by atoms with Crippen molar-refractivity contribution in [1.29, 1.82) is 0 Å². The lowest BCUT2D eigenvalue weighted by molar-refractivity contribution is 0.567. The molecule has 0 bridgehead atoms. The van der Waals surface area contributed by atoms with Gasteiger partial charge in [0.05, 0.1) is 6.20 Å². The van der Waals surface area contributed by atoms with Crippen LogP contribution in [-0.2, 0) is 0 Å². The third-order valence-corrected chi connectivity index (χ3v) is 3.30. The topological polar surface area (TPSA) is 29.9 Å². The van der Waals surface area contributed by atoms with E-state index in [1.165, 1.54) is 6.07 Å². The summed E-state index contributed by atoms with van der Waals surface area (Å²) >= 11 is 0. The molecule has 0 saturated heterocycles. The number of hydrogen-bond donors (Lipinski definition) is 1. The molecule has 1 aromatic carbocycles. The van der Waals surface area contributed by atoms with Crippen LogP contribution >= 0.6 is 0 Å². The molecule has 2 rings (SSSR count). The molecule has 0 saturated carbocycles. The van der Waals surface area contributed by atoms with Gasteiger partial charge in [-0.1, -0.05) is 19.1 Å². The zero-order valence-electron chi connectivity index (χ0n) is 11.7. The molecule has 0 aliphatic rings. The maximum atomic E-state index is 13.8. The third-order valence-electron chi connectivity index (χ3n) is 3.30. The highest BCUT2D eigenvalue weighted by Crippen LogP contribution is 2.21. The van der Waals surface area contributed by atoms with Crippen LogP contribution in [0.3, 0.4) is 0 Å². The molecule has 0 radical (unpaired) electrons. The van der Waals surface area contributed by atoms with Crippen molar-refractivity contribution >= 4 is 0 Å². The van der Waals surface area contributed by atoms with Crippen molar-refractivity contribution in [2.45, 2.75) is 33.2 Å². The summed E-state index contributed by atoms with van der Waals surface area (Å²) in [6.45, 7) is 7.17. The van der Waals surface area contributed by atoms with E-state index >= 15 is 0 Å². The van der Waals surface area contributed by atoms with Gasteiger partial charge in [0.2, 0.25) is 0 Å². The van der Waals surface area contributed by atoms with Crippen molar-refractivity contribution in [3.63, 3.8) is 0 Å². The number of rotatable bonds is 5. The summed E-state index contributed by atoms with van der Waals surface area (Å²) in [5.74, 6) is -0.255. The summed E-state index contributed by atoms with van der Waals surface area (Å²) in [5.41, 5.74) is 2.58. The zero-order valence-corrected chi connectivity index (χ0v) is 11.7. The van der Waals surface area contributed by atoms with Gasteiger partial charge in [-0.05, 0) is 38.9 Å². The van der Waals surface area contributed by atoms with Crippen molar-refractivity contribution in [3.8, 4) is 5.69 Å². The molecule has 1 heterocycles. The fraction of sp³-hybridized carbons (Fsp3) is 0.400. The number of nitrogens with one attached hydrogen (secondary N) is 1. The molecule has 1 aromatic heterocycles. The van der Waals surface area contributed by atoms with Gasteiger partial charge in [0.1, 0.15) is 11.5 Å². The second kappa shape index (κ2) is 5.97. The molecule has 0 fully saturated rings. The van der Waals surface area contributed by atoms with Gasteiger partial charge in [-0.15, -0.1) is 0 Å². The van der Waals surface area contributed by atoms with Gasteiger partial charge < -0.3 is 5.32 Å². The van der Waals surface area contributed by atoms with E-state index in [-0.39, 0.29) is 11.9 Å². The first kappa shape index (κ1) is 13.7. The minimum atomic E-state index is -0.255.